The highest BCUT2D eigenvalue weighted by Gasteiger charge is 2.21. The number of nitrogens with zero attached hydrogens (tertiary/aromatic N) is 1. The number of amides is 1. The van der Waals surface area contributed by atoms with E-state index in [1.54, 1.807) is 0 Å². The average molecular weight is 229 g/mol. The number of benzene rings is 1. The predicted octanol–water partition coefficient (Wildman–Crippen LogP) is 1.36. The lowest BCUT2D eigenvalue weighted by molar-refractivity contribution is 0.0684. The van der Waals surface area contributed by atoms with E-state index in [1.807, 2.05) is 0 Å². The fraction of sp³-hybridized carbons (Fsp3) is 0.200. The lowest BCUT2D eigenvalue weighted by atomic mass is 10.1. The van der Waals surface area contributed by atoms with Crippen LogP contribution in [-0.4, -0.2) is 36.0 Å². The molecule has 0 heterocycles. The van der Waals surface area contributed by atoms with E-state index in [2.05, 4.69) is 0 Å². The third-order valence-electron chi connectivity index (χ3n) is 1.93. The lowest BCUT2D eigenvalue weighted by Gasteiger charge is -2.12. The molecule has 0 fully saturated rings. The van der Waals surface area contributed by atoms with E-state index in [4.69, 9.17) is 5.11 Å². The van der Waals surface area contributed by atoms with Crippen LogP contribution < -0.4 is 0 Å². The molecule has 0 spiro atoms. The Morgan fingerprint density at radius 2 is 1.56 bits per heavy atom. The molecule has 0 aliphatic heterocycles. The fourth-order valence-electron chi connectivity index (χ4n) is 1.14. The summed E-state index contributed by atoms with van der Waals surface area (Å²) in [6.07, 6.45) is 0. The van der Waals surface area contributed by atoms with Crippen molar-refractivity contribution in [2.75, 3.05) is 14.1 Å². The minimum atomic E-state index is -1.48. The monoisotopic (exact) mass is 229 g/mol. The van der Waals surface area contributed by atoms with Crippen LogP contribution in [0.4, 0.5) is 8.78 Å². The van der Waals surface area contributed by atoms with Gasteiger partial charge in [0.05, 0.1) is 11.1 Å². The first kappa shape index (κ1) is 12.1. The maximum Gasteiger partial charge on any atom is 0.336 e. The van der Waals surface area contributed by atoms with Gasteiger partial charge in [0.15, 0.2) is 11.6 Å². The van der Waals surface area contributed by atoms with E-state index < -0.39 is 29.1 Å². The van der Waals surface area contributed by atoms with Crippen molar-refractivity contribution in [1.29, 1.82) is 0 Å². The predicted molar refractivity (Wildman–Crippen MR) is 51.3 cm³/mol. The zero-order valence-corrected chi connectivity index (χ0v) is 8.62. The number of rotatable bonds is 2. The molecule has 1 rings (SSSR count). The average Bonchev–Trinajstić information content (AvgIpc) is 2.19. The molecule has 0 bridgehead atoms. The molecule has 1 aromatic carbocycles. The molecule has 0 radical (unpaired) electrons. The number of carbonyl (C=O) groups is 2. The molecule has 0 unspecified atom stereocenters. The molecule has 1 aromatic rings. The fourth-order valence-corrected chi connectivity index (χ4v) is 1.14. The second-order valence-electron chi connectivity index (χ2n) is 3.32. The summed E-state index contributed by atoms with van der Waals surface area (Å²) in [5, 5.41) is 8.75. The molecule has 1 N–H and O–H groups in total. The largest absolute Gasteiger partial charge is 0.478 e. The second-order valence-corrected chi connectivity index (χ2v) is 3.32. The number of aromatic carboxylic acids is 1. The van der Waals surface area contributed by atoms with Gasteiger partial charge in [-0.05, 0) is 12.1 Å². The van der Waals surface area contributed by atoms with Crippen LogP contribution >= 0.6 is 0 Å². The van der Waals surface area contributed by atoms with Crippen LogP contribution in [0, 0.1) is 11.6 Å². The number of carboxylic acids is 1. The van der Waals surface area contributed by atoms with E-state index in [1.165, 1.54) is 14.1 Å². The second kappa shape index (κ2) is 4.26. The number of halogens is 2. The third-order valence-corrected chi connectivity index (χ3v) is 1.93. The summed E-state index contributed by atoms with van der Waals surface area (Å²) in [6, 6.07) is 1.08. The molecular formula is C10H9F2NO3. The Morgan fingerprint density at radius 1 is 1.12 bits per heavy atom. The van der Waals surface area contributed by atoms with Gasteiger partial charge in [0.2, 0.25) is 0 Å². The molecule has 86 valence electrons. The van der Waals surface area contributed by atoms with Crippen molar-refractivity contribution < 1.29 is 23.5 Å². The van der Waals surface area contributed by atoms with Gasteiger partial charge in [-0.3, -0.25) is 4.79 Å². The molecule has 0 saturated heterocycles. The number of carboxylic acid groups (broad SMARTS) is 1. The Balaban J connectivity index is 3.42. The SMILES string of the molecule is CN(C)C(=O)c1cc(F)c(F)cc1C(=O)O. The van der Waals surface area contributed by atoms with Crippen LogP contribution in [0.15, 0.2) is 12.1 Å². The van der Waals surface area contributed by atoms with Crippen LogP contribution in [0.5, 0.6) is 0 Å². The van der Waals surface area contributed by atoms with Crippen molar-refractivity contribution in [1.82, 2.24) is 4.90 Å². The summed E-state index contributed by atoms with van der Waals surface area (Å²) in [5.41, 5.74) is -0.936. The molecule has 6 heteroatoms. The first-order chi connectivity index (χ1) is 7.34. The summed E-state index contributed by atoms with van der Waals surface area (Å²) in [5.74, 6) is -4.73. The zero-order valence-electron chi connectivity index (χ0n) is 8.62. The summed E-state index contributed by atoms with van der Waals surface area (Å²) < 4.78 is 25.7. The van der Waals surface area contributed by atoms with Crippen molar-refractivity contribution in [3.05, 3.63) is 34.9 Å². The van der Waals surface area contributed by atoms with Crippen molar-refractivity contribution >= 4 is 11.9 Å². The Morgan fingerprint density at radius 3 is 1.94 bits per heavy atom. The maximum atomic E-state index is 12.9. The minimum Gasteiger partial charge on any atom is -0.478 e. The highest BCUT2D eigenvalue weighted by Crippen LogP contribution is 2.16. The van der Waals surface area contributed by atoms with Crippen LogP contribution in [0.25, 0.3) is 0 Å². The van der Waals surface area contributed by atoms with Gasteiger partial charge < -0.3 is 10.0 Å². The summed E-state index contributed by atoms with van der Waals surface area (Å²) in [4.78, 5) is 23.3. The first-order valence-corrected chi connectivity index (χ1v) is 4.28. The molecule has 0 aliphatic carbocycles. The van der Waals surface area contributed by atoms with E-state index >= 15 is 0 Å². The third kappa shape index (κ3) is 2.16. The van der Waals surface area contributed by atoms with Crippen molar-refractivity contribution in [2.24, 2.45) is 0 Å². The lowest BCUT2D eigenvalue weighted by Crippen LogP contribution is -2.24. The van der Waals surface area contributed by atoms with E-state index in [0.717, 1.165) is 4.90 Å². The van der Waals surface area contributed by atoms with Crippen LogP contribution in [0.1, 0.15) is 20.7 Å². The molecular weight excluding hydrogens is 220 g/mol. The Kier molecular flexibility index (Phi) is 3.22. The van der Waals surface area contributed by atoms with Crippen molar-refractivity contribution in [3.8, 4) is 0 Å². The van der Waals surface area contributed by atoms with Gasteiger partial charge in [-0.1, -0.05) is 0 Å². The van der Waals surface area contributed by atoms with Gasteiger partial charge in [0, 0.05) is 14.1 Å². The standard InChI is InChI=1S/C10H9F2NO3/c1-13(2)9(14)5-3-7(11)8(12)4-6(5)10(15)16/h3-4H,1-2H3,(H,15,16). The number of hydrogen-bond acceptors (Lipinski definition) is 2. The van der Waals surface area contributed by atoms with Crippen molar-refractivity contribution in [2.45, 2.75) is 0 Å². The molecule has 4 nitrogen and oxygen atoms in total. The van der Waals surface area contributed by atoms with Crippen LogP contribution in [-0.2, 0) is 0 Å². The summed E-state index contributed by atoms with van der Waals surface area (Å²) in [7, 11) is 2.77. The van der Waals surface area contributed by atoms with Gasteiger partial charge in [-0.15, -0.1) is 0 Å². The molecule has 1 amide bonds. The Hall–Kier alpha value is -1.98. The quantitative estimate of drug-likeness (QED) is 0.833. The molecule has 0 aliphatic rings. The van der Waals surface area contributed by atoms with Gasteiger partial charge in [0.1, 0.15) is 0 Å². The van der Waals surface area contributed by atoms with E-state index in [0.29, 0.717) is 12.1 Å². The zero-order chi connectivity index (χ0) is 12.5. The Labute approximate surface area is 90.1 Å². The van der Waals surface area contributed by atoms with E-state index in [-0.39, 0.29) is 5.56 Å². The molecule has 0 aromatic heterocycles. The molecule has 0 atom stereocenters. The Bertz CT molecular complexity index is 458. The minimum absolute atomic E-state index is 0.378. The highest BCUT2D eigenvalue weighted by molar-refractivity contribution is 6.04. The maximum absolute atomic E-state index is 12.9. The number of hydrogen-bond donors (Lipinski definition) is 1. The smallest absolute Gasteiger partial charge is 0.336 e. The first-order valence-electron chi connectivity index (χ1n) is 4.28. The summed E-state index contributed by atoms with van der Waals surface area (Å²) in [6.45, 7) is 0. The normalized spacial score (nSPS) is 10.0. The van der Waals surface area contributed by atoms with Crippen molar-refractivity contribution in [3.63, 3.8) is 0 Å². The van der Waals surface area contributed by atoms with Crippen LogP contribution in [0.2, 0.25) is 0 Å². The molecule has 16 heavy (non-hydrogen) atoms. The van der Waals surface area contributed by atoms with Gasteiger partial charge in [-0.25, -0.2) is 13.6 Å². The van der Waals surface area contributed by atoms with Gasteiger partial charge in [0.25, 0.3) is 5.91 Å². The van der Waals surface area contributed by atoms with Gasteiger partial charge in [-0.2, -0.15) is 0 Å². The molecule has 0 saturated carbocycles. The number of carbonyl (C=O) groups excluding carboxylic acids is 1. The summed E-state index contributed by atoms with van der Waals surface area (Å²) >= 11 is 0. The van der Waals surface area contributed by atoms with Crippen LogP contribution in [0.3, 0.4) is 0 Å². The topological polar surface area (TPSA) is 57.6 Å². The van der Waals surface area contributed by atoms with Gasteiger partial charge >= 0.3 is 5.97 Å². The highest BCUT2D eigenvalue weighted by atomic mass is 19.2. The van der Waals surface area contributed by atoms with E-state index in [9.17, 15) is 18.4 Å².